The van der Waals surface area contributed by atoms with Crippen molar-refractivity contribution >= 4 is 16.6 Å². The molecule has 25 heavy (non-hydrogen) atoms. The monoisotopic (exact) mass is 330 g/mol. The molecule has 1 heteroatoms. The molecule has 128 valence electrons. The van der Waals surface area contributed by atoms with Crippen LogP contribution in [0.1, 0.15) is 73.4 Å². The Morgan fingerprint density at radius 2 is 2.16 bits per heavy atom. The normalized spacial score (nSPS) is 28.5. The number of allylic oxidation sites excluding steroid dienone is 2. The van der Waals surface area contributed by atoms with Gasteiger partial charge in [0.1, 0.15) is 0 Å². The molecule has 2 bridgehead atoms. The Hall–Kier alpha value is -1.89. The number of hydrogen-bond acceptors (Lipinski definition) is 1. The van der Waals surface area contributed by atoms with Crippen molar-refractivity contribution in [2.75, 3.05) is 0 Å². The number of carbonyl (C=O) groups excluding carboxylic acids is 1. The minimum atomic E-state index is -0.0733. The lowest BCUT2D eigenvalue weighted by molar-refractivity contribution is 0.0671. The molecule has 3 aliphatic rings. The third kappa shape index (κ3) is 2.05. The SMILES string of the molecule is CCC(C)c1cccc2cc3c(cc12)C(=O)C1(CC3)CC2=CCC1C2. The topological polar surface area (TPSA) is 17.1 Å². The predicted octanol–water partition coefficient (Wildman–Crippen LogP) is 6.21. The van der Waals surface area contributed by atoms with E-state index in [0.717, 1.165) is 37.7 Å². The molecular weight excluding hydrogens is 304 g/mol. The molecule has 3 aliphatic carbocycles. The number of hydrogen-bond donors (Lipinski definition) is 0. The van der Waals surface area contributed by atoms with E-state index in [1.165, 1.54) is 28.3 Å². The van der Waals surface area contributed by atoms with E-state index in [-0.39, 0.29) is 5.41 Å². The summed E-state index contributed by atoms with van der Waals surface area (Å²) in [7, 11) is 0. The summed E-state index contributed by atoms with van der Waals surface area (Å²) in [5.41, 5.74) is 5.17. The number of fused-ring (bicyclic) bond motifs is 5. The molecule has 0 N–H and O–H groups in total. The molecule has 0 heterocycles. The quantitative estimate of drug-likeness (QED) is 0.598. The fourth-order valence-corrected chi connectivity index (χ4v) is 5.67. The highest BCUT2D eigenvalue weighted by Crippen LogP contribution is 2.58. The molecule has 1 saturated carbocycles. The lowest BCUT2D eigenvalue weighted by atomic mass is 9.63. The fourth-order valence-electron chi connectivity index (χ4n) is 5.67. The number of aryl methyl sites for hydroxylation is 1. The first-order valence-electron chi connectivity index (χ1n) is 9.90. The Balaban J connectivity index is 1.67. The summed E-state index contributed by atoms with van der Waals surface area (Å²) in [4.78, 5) is 13.6. The molecule has 3 atom stereocenters. The molecule has 0 aliphatic heterocycles. The molecule has 2 aromatic carbocycles. The van der Waals surface area contributed by atoms with Crippen LogP contribution in [0.4, 0.5) is 0 Å². The second-order valence-corrected chi connectivity index (χ2v) is 8.55. The largest absolute Gasteiger partial charge is 0.294 e. The molecule has 1 fully saturated rings. The van der Waals surface area contributed by atoms with E-state index in [0.29, 0.717) is 17.6 Å². The number of ketones is 1. The van der Waals surface area contributed by atoms with Gasteiger partial charge in [-0.05, 0) is 78.3 Å². The van der Waals surface area contributed by atoms with E-state index in [1.54, 1.807) is 5.57 Å². The Kier molecular flexibility index (Phi) is 3.26. The molecule has 0 amide bonds. The van der Waals surface area contributed by atoms with Gasteiger partial charge in [-0.15, -0.1) is 0 Å². The smallest absolute Gasteiger partial charge is 0.169 e. The van der Waals surface area contributed by atoms with E-state index in [4.69, 9.17) is 0 Å². The van der Waals surface area contributed by atoms with Crippen molar-refractivity contribution in [1.82, 2.24) is 0 Å². The Morgan fingerprint density at radius 1 is 1.28 bits per heavy atom. The highest BCUT2D eigenvalue weighted by Gasteiger charge is 2.53. The van der Waals surface area contributed by atoms with Gasteiger partial charge in [-0.25, -0.2) is 0 Å². The van der Waals surface area contributed by atoms with Crippen LogP contribution in [0.5, 0.6) is 0 Å². The standard InChI is InChI=1S/C24H26O/c1-3-15(2)20-6-4-5-17-12-18-9-10-24(14-16-7-8-19(24)11-16)23(25)22(18)13-21(17)20/h4-7,12-13,15,19H,3,8-11,14H2,1-2H3. The van der Waals surface area contributed by atoms with Crippen molar-refractivity contribution in [3.8, 4) is 0 Å². The van der Waals surface area contributed by atoms with Gasteiger partial charge in [-0.2, -0.15) is 0 Å². The van der Waals surface area contributed by atoms with E-state index < -0.39 is 0 Å². The van der Waals surface area contributed by atoms with Crippen molar-refractivity contribution in [1.29, 1.82) is 0 Å². The van der Waals surface area contributed by atoms with E-state index >= 15 is 0 Å². The summed E-state index contributed by atoms with van der Waals surface area (Å²) in [6.07, 6.45) is 8.96. The van der Waals surface area contributed by atoms with Crippen molar-refractivity contribution in [3.63, 3.8) is 0 Å². The van der Waals surface area contributed by atoms with Crippen LogP contribution in [0.15, 0.2) is 42.0 Å². The molecule has 0 saturated heterocycles. The summed E-state index contributed by atoms with van der Waals surface area (Å²) in [6.45, 7) is 4.53. The second kappa shape index (κ2) is 5.30. The van der Waals surface area contributed by atoms with Gasteiger partial charge in [0, 0.05) is 11.0 Å². The number of carbonyl (C=O) groups is 1. The third-order valence-electron chi connectivity index (χ3n) is 7.34. The van der Waals surface area contributed by atoms with Gasteiger partial charge in [-0.3, -0.25) is 4.79 Å². The fraction of sp³-hybridized carbons (Fsp3) is 0.458. The number of benzene rings is 2. The molecule has 5 rings (SSSR count). The molecule has 0 aromatic heterocycles. The summed E-state index contributed by atoms with van der Waals surface area (Å²) >= 11 is 0. The van der Waals surface area contributed by atoms with E-state index in [2.05, 4.69) is 50.3 Å². The third-order valence-corrected chi connectivity index (χ3v) is 7.34. The van der Waals surface area contributed by atoms with Crippen LogP contribution < -0.4 is 0 Å². The van der Waals surface area contributed by atoms with Gasteiger partial charge in [0.15, 0.2) is 5.78 Å². The van der Waals surface area contributed by atoms with Gasteiger partial charge in [-0.1, -0.05) is 49.8 Å². The van der Waals surface area contributed by atoms with E-state index in [9.17, 15) is 4.79 Å². The second-order valence-electron chi connectivity index (χ2n) is 8.55. The lowest BCUT2D eigenvalue weighted by Crippen LogP contribution is -2.39. The average molecular weight is 330 g/mol. The van der Waals surface area contributed by atoms with Crippen molar-refractivity contribution in [3.05, 3.63) is 58.7 Å². The number of Topliss-reactive ketones (excluding diaryl/α,β-unsaturated/α-hetero) is 1. The lowest BCUT2D eigenvalue weighted by Gasteiger charge is -2.39. The van der Waals surface area contributed by atoms with Crippen LogP contribution in [0.2, 0.25) is 0 Å². The van der Waals surface area contributed by atoms with Gasteiger partial charge >= 0.3 is 0 Å². The van der Waals surface area contributed by atoms with Crippen LogP contribution >= 0.6 is 0 Å². The molecule has 1 spiro atoms. The van der Waals surface area contributed by atoms with Crippen molar-refractivity contribution < 1.29 is 4.79 Å². The van der Waals surface area contributed by atoms with Crippen LogP contribution in [-0.2, 0) is 6.42 Å². The highest BCUT2D eigenvalue weighted by atomic mass is 16.1. The highest BCUT2D eigenvalue weighted by molar-refractivity contribution is 6.07. The zero-order valence-corrected chi connectivity index (χ0v) is 15.3. The van der Waals surface area contributed by atoms with Crippen molar-refractivity contribution in [2.45, 2.75) is 58.3 Å². The first-order valence-corrected chi connectivity index (χ1v) is 9.90. The summed E-state index contributed by atoms with van der Waals surface area (Å²) in [5, 5.41) is 2.60. The Labute approximate surface area is 150 Å². The molecule has 2 aromatic rings. The maximum atomic E-state index is 13.6. The zero-order chi connectivity index (χ0) is 17.2. The zero-order valence-electron chi connectivity index (χ0n) is 15.3. The summed E-state index contributed by atoms with van der Waals surface area (Å²) in [6, 6.07) is 11.2. The Morgan fingerprint density at radius 3 is 2.88 bits per heavy atom. The minimum Gasteiger partial charge on any atom is -0.294 e. The Bertz CT molecular complexity index is 919. The maximum absolute atomic E-state index is 13.6. The molecular formula is C24H26O. The van der Waals surface area contributed by atoms with Gasteiger partial charge in [0.05, 0.1) is 0 Å². The molecule has 3 unspecified atom stereocenters. The molecule has 0 radical (unpaired) electrons. The summed E-state index contributed by atoms with van der Waals surface area (Å²) < 4.78 is 0. The average Bonchev–Trinajstić information content (AvgIpc) is 3.24. The number of rotatable bonds is 2. The van der Waals surface area contributed by atoms with Crippen molar-refractivity contribution in [2.24, 2.45) is 11.3 Å². The summed E-state index contributed by atoms with van der Waals surface area (Å²) in [5.74, 6) is 1.55. The van der Waals surface area contributed by atoms with Crippen LogP contribution in [-0.4, -0.2) is 5.78 Å². The predicted molar refractivity (Wildman–Crippen MR) is 103 cm³/mol. The van der Waals surface area contributed by atoms with Gasteiger partial charge < -0.3 is 0 Å². The molecule has 1 nitrogen and oxygen atoms in total. The maximum Gasteiger partial charge on any atom is 0.169 e. The van der Waals surface area contributed by atoms with Gasteiger partial charge in [0.2, 0.25) is 0 Å². The van der Waals surface area contributed by atoms with Crippen LogP contribution in [0.3, 0.4) is 0 Å². The first kappa shape index (κ1) is 15.4. The van der Waals surface area contributed by atoms with Crippen LogP contribution in [0.25, 0.3) is 10.8 Å². The van der Waals surface area contributed by atoms with Crippen LogP contribution in [0, 0.1) is 11.3 Å². The van der Waals surface area contributed by atoms with E-state index in [1.807, 2.05) is 0 Å². The first-order chi connectivity index (χ1) is 12.1. The minimum absolute atomic E-state index is 0.0733. The van der Waals surface area contributed by atoms with Gasteiger partial charge in [0.25, 0.3) is 0 Å².